The highest BCUT2D eigenvalue weighted by Gasteiger charge is 2.09. The molecule has 1 amide bonds. The van der Waals surface area contributed by atoms with E-state index in [2.05, 4.69) is 5.32 Å². The predicted molar refractivity (Wildman–Crippen MR) is 57.9 cm³/mol. The standard InChI is InChI=1S/C12H13FN2O/c1-2-11(8-14)15-12(16)7-9-4-3-5-10(13)6-9/h3-6,11H,2,7H2,1H3,(H,15,16). The molecule has 0 saturated carbocycles. The number of carbonyl (C=O) groups is 1. The summed E-state index contributed by atoms with van der Waals surface area (Å²) >= 11 is 0. The van der Waals surface area contributed by atoms with Crippen LogP contribution in [0.4, 0.5) is 4.39 Å². The first-order chi connectivity index (χ1) is 7.65. The summed E-state index contributed by atoms with van der Waals surface area (Å²) in [5.41, 5.74) is 0.602. The highest BCUT2D eigenvalue weighted by atomic mass is 19.1. The average molecular weight is 220 g/mol. The molecule has 0 aromatic heterocycles. The average Bonchev–Trinajstić information content (AvgIpc) is 2.26. The van der Waals surface area contributed by atoms with Crippen LogP contribution in [0.2, 0.25) is 0 Å². The van der Waals surface area contributed by atoms with Gasteiger partial charge in [0.05, 0.1) is 12.5 Å². The highest BCUT2D eigenvalue weighted by molar-refractivity contribution is 5.79. The van der Waals surface area contributed by atoms with Crippen LogP contribution in [0, 0.1) is 17.1 Å². The van der Waals surface area contributed by atoms with Gasteiger partial charge in [0, 0.05) is 0 Å². The molecule has 0 aliphatic heterocycles. The van der Waals surface area contributed by atoms with Gasteiger partial charge in [-0.3, -0.25) is 4.79 Å². The number of nitrogens with one attached hydrogen (secondary N) is 1. The van der Waals surface area contributed by atoms with Gasteiger partial charge in [0.1, 0.15) is 11.9 Å². The van der Waals surface area contributed by atoms with Gasteiger partial charge in [-0.25, -0.2) is 4.39 Å². The first-order valence-electron chi connectivity index (χ1n) is 5.09. The fraction of sp³-hybridized carbons (Fsp3) is 0.333. The zero-order valence-electron chi connectivity index (χ0n) is 9.03. The lowest BCUT2D eigenvalue weighted by Gasteiger charge is -2.08. The van der Waals surface area contributed by atoms with E-state index in [-0.39, 0.29) is 18.1 Å². The third kappa shape index (κ3) is 3.70. The van der Waals surface area contributed by atoms with E-state index in [4.69, 9.17) is 5.26 Å². The van der Waals surface area contributed by atoms with Gasteiger partial charge in [-0.1, -0.05) is 19.1 Å². The lowest BCUT2D eigenvalue weighted by molar-refractivity contribution is -0.120. The van der Waals surface area contributed by atoms with Crippen LogP contribution >= 0.6 is 0 Å². The Hall–Kier alpha value is -1.89. The van der Waals surface area contributed by atoms with Crippen molar-refractivity contribution in [1.29, 1.82) is 5.26 Å². The second kappa shape index (κ2) is 5.86. The molecule has 1 aromatic rings. The van der Waals surface area contributed by atoms with E-state index in [1.807, 2.05) is 13.0 Å². The molecule has 1 rings (SSSR count). The van der Waals surface area contributed by atoms with Gasteiger partial charge in [0.15, 0.2) is 0 Å². The number of hydrogen-bond acceptors (Lipinski definition) is 2. The van der Waals surface area contributed by atoms with Crippen molar-refractivity contribution in [2.75, 3.05) is 0 Å². The van der Waals surface area contributed by atoms with E-state index in [9.17, 15) is 9.18 Å². The zero-order valence-corrected chi connectivity index (χ0v) is 9.03. The van der Waals surface area contributed by atoms with Crippen molar-refractivity contribution in [3.63, 3.8) is 0 Å². The third-order valence-corrected chi connectivity index (χ3v) is 2.15. The molecule has 1 unspecified atom stereocenters. The molecule has 0 bridgehead atoms. The van der Waals surface area contributed by atoms with E-state index in [0.29, 0.717) is 12.0 Å². The Morgan fingerprint density at radius 2 is 2.38 bits per heavy atom. The number of rotatable bonds is 4. The van der Waals surface area contributed by atoms with Crippen LogP contribution < -0.4 is 5.32 Å². The largest absolute Gasteiger partial charge is 0.340 e. The molecule has 16 heavy (non-hydrogen) atoms. The van der Waals surface area contributed by atoms with E-state index in [0.717, 1.165) is 0 Å². The molecule has 3 nitrogen and oxygen atoms in total. The summed E-state index contributed by atoms with van der Waals surface area (Å²) in [6.45, 7) is 1.82. The van der Waals surface area contributed by atoms with Crippen molar-refractivity contribution in [3.8, 4) is 6.07 Å². The van der Waals surface area contributed by atoms with Gasteiger partial charge >= 0.3 is 0 Å². The van der Waals surface area contributed by atoms with E-state index < -0.39 is 6.04 Å². The van der Waals surface area contributed by atoms with Crippen LogP contribution in [0.3, 0.4) is 0 Å². The molecule has 84 valence electrons. The SMILES string of the molecule is CCC(C#N)NC(=O)Cc1cccc(F)c1. The second-order valence-electron chi connectivity index (χ2n) is 3.46. The molecular formula is C12H13FN2O. The van der Waals surface area contributed by atoms with Gasteiger partial charge in [-0.15, -0.1) is 0 Å². The van der Waals surface area contributed by atoms with E-state index in [1.54, 1.807) is 12.1 Å². The molecule has 1 atom stereocenters. The smallest absolute Gasteiger partial charge is 0.225 e. The number of carbonyl (C=O) groups excluding carboxylic acids is 1. The molecule has 0 aliphatic rings. The first kappa shape index (κ1) is 12.2. The predicted octanol–water partition coefficient (Wildman–Crippen LogP) is 1.79. The van der Waals surface area contributed by atoms with Crippen LogP contribution in [-0.4, -0.2) is 11.9 Å². The topological polar surface area (TPSA) is 52.9 Å². The number of amides is 1. The van der Waals surface area contributed by atoms with Crippen molar-refractivity contribution in [2.45, 2.75) is 25.8 Å². The Labute approximate surface area is 93.9 Å². The molecule has 0 saturated heterocycles. The number of hydrogen-bond donors (Lipinski definition) is 1. The van der Waals surface area contributed by atoms with Crippen LogP contribution in [0.5, 0.6) is 0 Å². The quantitative estimate of drug-likeness (QED) is 0.841. The summed E-state index contributed by atoms with van der Waals surface area (Å²) in [7, 11) is 0. The van der Waals surface area contributed by atoms with Crippen molar-refractivity contribution in [3.05, 3.63) is 35.6 Å². The van der Waals surface area contributed by atoms with Gasteiger partial charge in [0.25, 0.3) is 0 Å². The Balaban J connectivity index is 2.55. The van der Waals surface area contributed by atoms with Gasteiger partial charge < -0.3 is 5.32 Å². The zero-order chi connectivity index (χ0) is 12.0. The van der Waals surface area contributed by atoms with Crippen LogP contribution in [0.25, 0.3) is 0 Å². The van der Waals surface area contributed by atoms with Crippen molar-refractivity contribution in [1.82, 2.24) is 5.32 Å². The molecule has 1 aromatic carbocycles. The number of benzene rings is 1. The lowest BCUT2D eigenvalue weighted by atomic mass is 10.1. The van der Waals surface area contributed by atoms with Crippen LogP contribution in [0.15, 0.2) is 24.3 Å². The maximum Gasteiger partial charge on any atom is 0.225 e. The van der Waals surface area contributed by atoms with Crippen molar-refractivity contribution < 1.29 is 9.18 Å². The van der Waals surface area contributed by atoms with Crippen molar-refractivity contribution in [2.24, 2.45) is 0 Å². The lowest BCUT2D eigenvalue weighted by Crippen LogP contribution is -2.34. The fourth-order valence-electron chi connectivity index (χ4n) is 1.30. The Kier molecular flexibility index (Phi) is 4.46. The molecule has 4 heteroatoms. The van der Waals surface area contributed by atoms with Crippen LogP contribution in [0.1, 0.15) is 18.9 Å². The number of nitriles is 1. The van der Waals surface area contributed by atoms with Gasteiger partial charge in [0.2, 0.25) is 5.91 Å². The summed E-state index contributed by atoms with van der Waals surface area (Å²) in [4.78, 5) is 11.5. The van der Waals surface area contributed by atoms with Gasteiger partial charge in [-0.2, -0.15) is 5.26 Å². The molecule has 0 spiro atoms. The summed E-state index contributed by atoms with van der Waals surface area (Å²) in [5.74, 6) is -0.628. The Morgan fingerprint density at radius 3 is 2.94 bits per heavy atom. The molecule has 1 N–H and O–H groups in total. The molecule has 0 fully saturated rings. The van der Waals surface area contributed by atoms with Crippen LogP contribution in [-0.2, 0) is 11.2 Å². The number of nitrogens with zero attached hydrogens (tertiary/aromatic N) is 1. The highest BCUT2D eigenvalue weighted by Crippen LogP contribution is 2.04. The third-order valence-electron chi connectivity index (χ3n) is 2.15. The fourth-order valence-corrected chi connectivity index (χ4v) is 1.30. The maximum absolute atomic E-state index is 12.8. The second-order valence-corrected chi connectivity index (χ2v) is 3.46. The summed E-state index contributed by atoms with van der Waals surface area (Å²) in [6, 6.07) is 7.37. The van der Waals surface area contributed by atoms with Gasteiger partial charge in [-0.05, 0) is 24.1 Å². The molecular weight excluding hydrogens is 207 g/mol. The maximum atomic E-state index is 12.8. The monoisotopic (exact) mass is 220 g/mol. The number of halogens is 1. The normalized spacial score (nSPS) is 11.6. The summed E-state index contributed by atoms with van der Waals surface area (Å²) < 4.78 is 12.8. The first-order valence-corrected chi connectivity index (χ1v) is 5.09. The Morgan fingerprint density at radius 1 is 1.62 bits per heavy atom. The minimum Gasteiger partial charge on any atom is -0.340 e. The summed E-state index contributed by atoms with van der Waals surface area (Å²) in [6.07, 6.45) is 0.654. The summed E-state index contributed by atoms with van der Waals surface area (Å²) in [5, 5.41) is 11.2. The Bertz CT molecular complexity index is 412. The minimum atomic E-state index is -0.471. The molecule has 0 radical (unpaired) electrons. The molecule has 0 heterocycles. The molecule has 0 aliphatic carbocycles. The van der Waals surface area contributed by atoms with E-state index >= 15 is 0 Å². The van der Waals surface area contributed by atoms with Crippen molar-refractivity contribution >= 4 is 5.91 Å². The minimum absolute atomic E-state index is 0.0932. The van der Waals surface area contributed by atoms with E-state index in [1.165, 1.54) is 12.1 Å².